The first kappa shape index (κ1) is 13.3. The van der Waals surface area contributed by atoms with E-state index in [0.29, 0.717) is 12.6 Å². The molecular formula is C16H18N4O2. The SMILES string of the molecule is CCn1cnnc1NC(=O)[C@@H]1C[C@]12CCOc1ccccc12. The molecule has 1 aliphatic heterocycles. The molecule has 2 aliphatic rings. The Balaban J connectivity index is 1.56. The number of carbonyl (C=O) groups is 1. The largest absolute Gasteiger partial charge is 0.493 e. The molecule has 1 aromatic heterocycles. The molecule has 114 valence electrons. The predicted molar refractivity (Wildman–Crippen MR) is 80.7 cm³/mol. The summed E-state index contributed by atoms with van der Waals surface area (Å²) in [5.41, 5.74) is 1.11. The van der Waals surface area contributed by atoms with Gasteiger partial charge in [0.05, 0.1) is 6.61 Å². The zero-order valence-corrected chi connectivity index (χ0v) is 12.5. The van der Waals surface area contributed by atoms with Crippen LogP contribution in [0, 0.1) is 5.92 Å². The van der Waals surface area contributed by atoms with Gasteiger partial charge in [-0.25, -0.2) is 0 Å². The van der Waals surface area contributed by atoms with Gasteiger partial charge in [0.15, 0.2) is 0 Å². The Morgan fingerprint density at radius 2 is 2.36 bits per heavy atom. The highest BCUT2D eigenvalue weighted by molar-refractivity contribution is 5.95. The topological polar surface area (TPSA) is 69.0 Å². The summed E-state index contributed by atoms with van der Waals surface area (Å²) in [6, 6.07) is 8.04. The number of aryl methyl sites for hydroxylation is 1. The average Bonchev–Trinajstić information content (AvgIpc) is 3.08. The van der Waals surface area contributed by atoms with Crippen molar-refractivity contribution >= 4 is 11.9 Å². The van der Waals surface area contributed by atoms with E-state index in [9.17, 15) is 4.79 Å². The highest BCUT2D eigenvalue weighted by Gasteiger charge is 2.61. The van der Waals surface area contributed by atoms with Crippen LogP contribution in [0.2, 0.25) is 0 Å². The second-order valence-electron chi connectivity index (χ2n) is 5.94. The fourth-order valence-corrected chi connectivity index (χ4v) is 3.49. The van der Waals surface area contributed by atoms with Crippen LogP contribution in [0.5, 0.6) is 5.75 Å². The molecule has 0 radical (unpaired) electrons. The van der Waals surface area contributed by atoms with Crippen LogP contribution >= 0.6 is 0 Å². The summed E-state index contributed by atoms with van der Waals surface area (Å²) < 4.78 is 7.54. The van der Waals surface area contributed by atoms with Crippen molar-refractivity contribution in [2.75, 3.05) is 11.9 Å². The molecule has 1 fully saturated rings. The van der Waals surface area contributed by atoms with Crippen LogP contribution in [-0.2, 0) is 16.8 Å². The average molecular weight is 298 g/mol. The molecule has 2 aromatic rings. The third-order valence-electron chi connectivity index (χ3n) is 4.81. The number of nitrogens with one attached hydrogen (secondary N) is 1. The molecule has 1 aliphatic carbocycles. The Labute approximate surface area is 128 Å². The van der Waals surface area contributed by atoms with E-state index in [1.165, 1.54) is 5.56 Å². The monoisotopic (exact) mass is 298 g/mol. The molecule has 6 nitrogen and oxygen atoms in total. The molecule has 1 aromatic carbocycles. The van der Waals surface area contributed by atoms with Crippen molar-refractivity contribution in [3.63, 3.8) is 0 Å². The van der Waals surface area contributed by atoms with Crippen LogP contribution in [0.4, 0.5) is 5.95 Å². The van der Waals surface area contributed by atoms with Gasteiger partial charge in [-0.2, -0.15) is 0 Å². The van der Waals surface area contributed by atoms with Crippen LogP contribution < -0.4 is 10.1 Å². The first-order valence-electron chi connectivity index (χ1n) is 7.65. The van der Waals surface area contributed by atoms with Crippen molar-refractivity contribution in [2.45, 2.75) is 31.7 Å². The summed E-state index contributed by atoms with van der Waals surface area (Å²) in [6.45, 7) is 3.40. The number of carbonyl (C=O) groups excluding carboxylic acids is 1. The van der Waals surface area contributed by atoms with Gasteiger partial charge in [0.1, 0.15) is 12.1 Å². The first-order chi connectivity index (χ1) is 10.7. The van der Waals surface area contributed by atoms with Crippen molar-refractivity contribution in [1.29, 1.82) is 0 Å². The number of anilines is 1. The van der Waals surface area contributed by atoms with Gasteiger partial charge in [0.2, 0.25) is 11.9 Å². The van der Waals surface area contributed by atoms with E-state index in [1.54, 1.807) is 6.33 Å². The fourth-order valence-electron chi connectivity index (χ4n) is 3.49. The van der Waals surface area contributed by atoms with Crippen molar-refractivity contribution in [2.24, 2.45) is 5.92 Å². The van der Waals surface area contributed by atoms with Gasteiger partial charge in [-0.15, -0.1) is 10.2 Å². The van der Waals surface area contributed by atoms with E-state index in [1.807, 2.05) is 29.7 Å². The number of aromatic nitrogens is 3. The smallest absolute Gasteiger partial charge is 0.231 e. The quantitative estimate of drug-likeness (QED) is 0.940. The molecular weight excluding hydrogens is 280 g/mol. The van der Waals surface area contributed by atoms with Gasteiger partial charge in [-0.3, -0.25) is 10.1 Å². The molecule has 2 heterocycles. The van der Waals surface area contributed by atoms with Crippen LogP contribution in [-0.4, -0.2) is 27.3 Å². The minimum atomic E-state index is -0.0595. The molecule has 4 rings (SSSR count). The maximum Gasteiger partial charge on any atom is 0.231 e. The normalized spacial score (nSPS) is 25.4. The number of hydrogen-bond donors (Lipinski definition) is 1. The summed E-state index contributed by atoms with van der Waals surface area (Å²) in [4.78, 5) is 12.6. The molecule has 1 saturated carbocycles. The molecule has 1 amide bonds. The Morgan fingerprint density at radius 1 is 1.50 bits per heavy atom. The molecule has 1 spiro atoms. The summed E-state index contributed by atoms with van der Waals surface area (Å²) >= 11 is 0. The van der Waals surface area contributed by atoms with Crippen LogP contribution in [0.3, 0.4) is 0 Å². The Kier molecular flexibility index (Phi) is 2.92. The third kappa shape index (κ3) is 1.90. The summed E-state index contributed by atoms with van der Waals surface area (Å²) in [6.07, 6.45) is 3.39. The Bertz CT molecular complexity index is 726. The lowest BCUT2D eigenvalue weighted by Crippen LogP contribution is -2.27. The minimum absolute atomic E-state index is 0.0143. The highest BCUT2D eigenvalue weighted by atomic mass is 16.5. The molecule has 1 N–H and O–H groups in total. The minimum Gasteiger partial charge on any atom is -0.493 e. The molecule has 0 unspecified atom stereocenters. The molecule has 0 saturated heterocycles. The number of benzene rings is 1. The van der Waals surface area contributed by atoms with E-state index in [2.05, 4.69) is 21.6 Å². The number of para-hydroxylation sites is 1. The number of amides is 1. The second kappa shape index (κ2) is 4.83. The zero-order valence-electron chi connectivity index (χ0n) is 12.5. The second-order valence-corrected chi connectivity index (χ2v) is 5.94. The van der Waals surface area contributed by atoms with E-state index in [4.69, 9.17) is 4.74 Å². The zero-order chi connectivity index (χ0) is 15.2. The summed E-state index contributed by atoms with van der Waals surface area (Å²) in [5, 5.41) is 10.7. The van der Waals surface area contributed by atoms with Crippen molar-refractivity contribution in [1.82, 2.24) is 14.8 Å². The standard InChI is InChI=1S/C16H18N4O2/c1-2-20-10-17-19-15(20)18-14(21)12-9-16(12)7-8-22-13-6-4-3-5-11(13)16/h3-6,10,12H,2,7-9H2,1H3,(H,18,19,21)/t12-,16-/m0/s1. The number of rotatable bonds is 3. The van der Waals surface area contributed by atoms with Gasteiger partial charge in [-0.1, -0.05) is 18.2 Å². The van der Waals surface area contributed by atoms with Gasteiger partial charge < -0.3 is 9.30 Å². The van der Waals surface area contributed by atoms with Gasteiger partial charge in [-0.05, 0) is 25.8 Å². The van der Waals surface area contributed by atoms with E-state index < -0.39 is 0 Å². The first-order valence-corrected chi connectivity index (χ1v) is 7.65. The number of fused-ring (bicyclic) bond motifs is 2. The van der Waals surface area contributed by atoms with Gasteiger partial charge in [0, 0.05) is 23.4 Å². The summed E-state index contributed by atoms with van der Waals surface area (Å²) in [7, 11) is 0. The number of ether oxygens (including phenoxy) is 1. The van der Waals surface area contributed by atoms with Crippen LogP contribution in [0.25, 0.3) is 0 Å². The third-order valence-corrected chi connectivity index (χ3v) is 4.81. The molecule has 2 atom stereocenters. The molecule has 6 heteroatoms. The van der Waals surface area contributed by atoms with Crippen molar-refractivity contribution in [3.8, 4) is 5.75 Å². The lowest BCUT2D eigenvalue weighted by molar-refractivity contribution is -0.117. The van der Waals surface area contributed by atoms with E-state index in [-0.39, 0.29) is 17.2 Å². The van der Waals surface area contributed by atoms with Gasteiger partial charge >= 0.3 is 0 Å². The predicted octanol–water partition coefficient (Wildman–Crippen LogP) is 1.98. The summed E-state index contributed by atoms with van der Waals surface area (Å²) in [5.74, 6) is 1.45. The maximum absolute atomic E-state index is 12.6. The Morgan fingerprint density at radius 3 is 3.23 bits per heavy atom. The fraction of sp³-hybridized carbons (Fsp3) is 0.438. The van der Waals surface area contributed by atoms with Crippen molar-refractivity contribution in [3.05, 3.63) is 36.2 Å². The van der Waals surface area contributed by atoms with E-state index in [0.717, 1.165) is 25.1 Å². The van der Waals surface area contributed by atoms with E-state index >= 15 is 0 Å². The van der Waals surface area contributed by atoms with Gasteiger partial charge in [0.25, 0.3) is 0 Å². The lowest BCUT2D eigenvalue weighted by Gasteiger charge is -2.26. The molecule has 0 bridgehead atoms. The number of hydrogen-bond acceptors (Lipinski definition) is 4. The maximum atomic E-state index is 12.6. The Hall–Kier alpha value is -2.37. The highest BCUT2D eigenvalue weighted by Crippen LogP contribution is 2.60. The molecule has 22 heavy (non-hydrogen) atoms. The van der Waals surface area contributed by atoms with Crippen LogP contribution in [0.15, 0.2) is 30.6 Å². The lowest BCUT2D eigenvalue weighted by atomic mass is 9.87. The van der Waals surface area contributed by atoms with Crippen LogP contribution in [0.1, 0.15) is 25.3 Å². The van der Waals surface area contributed by atoms with Crippen molar-refractivity contribution < 1.29 is 9.53 Å². The number of nitrogens with zero attached hydrogens (tertiary/aromatic N) is 3.